The Morgan fingerprint density at radius 2 is 2.17 bits per heavy atom. The molecule has 2 rings (SSSR count). The van der Waals surface area contributed by atoms with Crippen molar-refractivity contribution in [3.05, 3.63) is 29.4 Å². The number of thiophene rings is 1. The monoisotopic (exact) mass is 181 g/mol. The van der Waals surface area contributed by atoms with Gasteiger partial charge >= 0.3 is 0 Å². The number of hydrogen-bond donors (Lipinski definition) is 1. The van der Waals surface area contributed by atoms with Crippen molar-refractivity contribution in [2.24, 2.45) is 0 Å². The van der Waals surface area contributed by atoms with E-state index < -0.39 is 0 Å². The van der Waals surface area contributed by atoms with Crippen molar-refractivity contribution < 1.29 is 5.11 Å². The number of aliphatic hydroxyl groups is 1. The summed E-state index contributed by atoms with van der Waals surface area (Å²) < 4.78 is 0. The summed E-state index contributed by atoms with van der Waals surface area (Å²) in [7, 11) is 0. The number of nitrogens with zero attached hydrogens (tertiary/aromatic N) is 3. The average Bonchev–Trinajstić information content (AvgIpc) is 2.74. The highest BCUT2D eigenvalue weighted by molar-refractivity contribution is 7.12. The van der Waals surface area contributed by atoms with Gasteiger partial charge in [0.05, 0.1) is 19.0 Å². The van der Waals surface area contributed by atoms with Gasteiger partial charge in [0.1, 0.15) is 5.00 Å². The second-order valence-electron chi connectivity index (χ2n) is 2.23. The average molecular weight is 181 g/mol. The van der Waals surface area contributed by atoms with Crippen molar-refractivity contribution in [3.8, 4) is 5.00 Å². The molecule has 0 spiro atoms. The lowest BCUT2D eigenvalue weighted by Crippen LogP contribution is -1.98. The van der Waals surface area contributed by atoms with E-state index in [-0.39, 0.29) is 6.61 Å². The third-order valence-corrected chi connectivity index (χ3v) is 2.42. The van der Waals surface area contributed by atoms with Gasteiger partial charge in [-0.15, -0.1) is 16.1 Å². The summed E-state index contributed by atoms with van der Waals surface area (Å²) in [5.41, 5.74) is 0.858. The van der Waals surface area contributed by atoms with Crippen molar-refractivity contribution in [1.82, 2.24) is 15.0 Å². The third-order valence-electron chi connectivity index (χ3n) is 1.49. The molecule has 0 saturated carbocycles. The van der Waals surface area contributed by atoms with Gasteiger partial charge in [0.25, 0.3) is 0 Å². The standard InChI is InChI=1S/C7H7N3OS/c11-5-6-1-4-12-7(6)10-8-2-3-9-10/h1-4,11H,5H2. The lowest BCUT2D eigenvalue weighted by Gasteiger charge is -1.96. The minimum atomic E-state index is 0.0281. The van der Waals surface area contributed by atoms with Crippen LogP contribution in [0.2, 0.25) is 0 Å². The van der Waals surface area contributed by atoms with Crippen LogP contribution in [0.1, 0.15) is 5.56 Å². The maximum absolute atomic E-state index is 8.94. The highest BCUT2D eigenvalue weighted by atomic mass is 32.1. The molecule has 0 aliphatic rings. The maximum Gasteiger partial charge on any atom is 0.144 e. The zero-order valence-electron chi connectivity index (χ0n) is 6.21. The van der Waals surface area contributed by atoms with Crippen LogP contribution < -0.4 is 0 Å². The number of aliphatic hydroxyl groups excluding tert-OH is 1. The first kappa shape index (κ1) is 7.45. The minimum Gasteiger partial charge on any atom is -0.392 e. The molecule has 1 N–H and O–H groups in total. The molecule has 0 bridgehead atoms. The highest BCUT2D eigenvalue weighted by Gasteiger charge is 2.05. The Labute approximate surface area is 73.1 Å². The van der Waals surface area contributed by atoms with Crippen LogP contribution in [0.5, 0.6) is 0 Å². The van der Waals surface area contributed by atoms with Gasteiger partial charge in [0.15, 0.2) is 0 Å². The van der Waals surface area contributed by atoms with E-state index in [1.165, 1.54) is 16.1 Å². The largest absolute Gasteiger partial charge is 0.392 e. The van der Waals surface area contributed by atoms with E-state index in [0.717, 1.165) is 10.6 Å². The zero-order valence-corrected chi connectivity index (χ0v) is 7.03. The first-order valence-corrected chi connectivity index (χ1v) is 4.33. The number of rotatable bonds is 2. The summed E-state index contributed by atoms with van der Waals surface area (Å²) in [4.78, 5) is 1.51. The molecular formula is C7H7N3OS. The van der Waals surface area contributed by atoms with Gasteiger partial charge < -0.3 is 5.11 Å². The van der Waals surface area contributed by atoms with Crippen molar-refractivity contribution in [1.29, 1.82) is 0 Å². The van der Waals surface area contributed by atoms with Crippen LogP contribution in [0.25, 0.3) is 5.00 Å². The maximum atomic E-state index is 8.94. The molecule has 2 aromatic rings. The fraction of sp³-hybridized carbons (Fsp3) is 0.143. The van der Waals surface area contributed by atoms with Gasteiger partial charge in [-0.25, -0.2) is 0 Å². The van der Waals surface area contributed by atoms with Crippen LogP contribution in [0.15, 0.2) is 23.8 Å². The molecule has 0 aliphatic heterocycles. The van der Waals surface area contributed by atoms with Crippen LogP contribution >= 0.6 is 11.3 Å². The Kier molecular flexibility index (Phi) is 1.89. The van der Waals surface area contributed by atoms with E-state index in [1.807, 2.05) is 11.4 Å². The Morgan fingerprint density at radius 3 is 2.83 bits per heavy atom. The molecule has 62 valence electrons. The molecule has 12 heavy (non-hydrogen) atoms. The highest BCUT2D eigenvalue weighted by Crippen LogP contribution is 2.19. The smallest absolute Gasteiger partial charge is 0.144 e. The number of aromatic nitrogens is 3. The van der Waals surface area contributed by atoms with Gasteiger partial charge in [-0.05, 0) is 11.4 Å². The topological polar surface area (TPSA) is 50.9 Å². The van der Waals surface area contributed by atoms with E-state index in [0.29, 0.717) is 0 Å². The summed E-state index contributed by atoms with van der Waals surface area (Å²) in [6, 6.07) is 1.86. The van der Waals surface area contributed by atoms with E-state index in [9.17, 15) is 0 Å². The van der Waals surface area contributed by atoms with E-state index in [1.54, 1.807) is 12.4 Å². The van der Waals surface area contributed by atoms with Crippen molar-refractivity contribution >= 4 is 11.3 Å². The Hall–Kier alpha value is -1.20. The normalized spacial score (nSPS) is 10.4. The molecule has 5 heteroatoms. The quantitative estimate of drug-likeness (QED) is 0.746. The van der Waals surface area contributed by atoms with Crippen LogP contribution in [0, 0.1) is 0 Å². The van der Waals surface area contributed by atoms with Gasteiger partial charge in [-0.3, -0.25) is 0 Å². The fourth-order valence-corrected chi connectivity index (χ4v) is 1.78. The van der Waals surface area contributed by atoms with Gasteiger partial charge in [0, 0.05) is 5.56 Å². The summed E-state index contributed by atoms with van der Waals surface area (Å²) in [5, 5.41) is 19.7. The summed E-state index contributed by atoms with van der Waals surface area (Å²) in [5.74, 6) is 0. The molecule has 2 heterocycles. The summed E-state index contributed by atoms with van der Waals surface area (Å²) in [6.07, 6.45) is 3.22. The second-order valence-corrected chi connectivity index (χ2v) is 3.12. The first-order valence-electron chi connectivity index (χ1n) is 3.45. The van der Waals surface area contributed by atoms with Crippen LogP contribution in [0.4, 0.5) is 0 Å². The third kappa shape index (κ3) is 1.13. The van der Waals surface area contributed by atoms with E-state index in [2.05, 4.69) is 10.2 Å². The zero-order chi connectivity index (χ0) is 8.39. The molecule has 0 aliphatic carbocycles. The Balaban J connectivity index is 2.46. The fourth-order valence-electron chi connectivity index (χ4n) is 0.944. The lowest BCUT2D eigenvalue weighted by atomic mass is 10.3. The SMILES string of the molecule is OCc1ccsc1-n1nccn1. The molecule has 0 radical (unpaired) electrons. The van der Waals surface area contributed by atoms with Crippen molar-refractivity contribution in [3.63, 3.8) is 0 Å². The van der Waals surface area contributed by atoms with Crippen molar-refractivity contribution in [2.75, 3.05) is 0 Å². The molecule has 0 fully saturated rings. The van der Waals surface area contributed by atoms with Gasteiger partial charge in [0.2, 0.25) is 0 Å². The van der Waals surface area contributed by atoms with Crippen molar-refractivity contribution in [2.45, 2.75) is 6.61 Å². The summed E-state index contributed by atoms with van der Waals surface area (Å²) in [6.45, 7) is 0.0281. The first-order chi connectivity index (χ1) is 5.92. The Bertz CT molecular complexity index is 354. The van der Waals surface area contributed by atoms with E-state index >= 15 is 0 Å². The molecule has 0 unspecified atom stereocenters. The molecule has 4 nitrogen and oxygen atoms in total. The van der Waals surface area contributed by atoms with Crippen LogP contribution in [0.3, 0.4) is 0 Å². The van der Waals surface area contributed by atoms with Crippen LogP contribution in [-0.2, 0) is 6.61 Å². The summed E-state index contributed by atoms with van der Waals surface area (Å²) >= 11 is 1.51. The molecular weight excluding hydrogens is 174 g/mol. The molecule has 2 aromatic heterocycles. The molecule has 0 saturated heterocycles. The molecule has 0 amide bonds. The van der Waals surface area contributed by atoms with Gasteiger partial charge in [-0.2, -0.15) is 10.2 Å². The second kappa shape index (κ2) is 3.04. The predicted molar refractivity (Wildman–Crippen MR) is 45.2 cm³/mol. The van der Waals surface area contributed by atoms with Crippen LogP contribution in [-0.4, -0.2) is 20.1 Å². The Morgan fingerprint density at radius 1 is 1.42 bits per heavy atom. The minimum absolute atomic E-state index is 0.0281. The molecule has 0 atom stereocenters. The predicted octanol–water partition coefficient (Wildman–Crippen LogP) is 0.821. The number of hydrogen-bond acceptors (Lipinski definition) is 4. The van der Waals surface area contributed by atoms with E-state index in [4.69, 9.17) is 5.11 Å². The van der Waals surface area contributed by atoms with Gasteiger partial charge in [-0.1, -0.05) is 0 Å². The molecule has 0 aromatic carbocycles. The lowest BCUT2D eigenvalue weighted by molar-refractivity contribution is 0.281.